The molecule has 0 atom stereocenters. The summed E-state index contributed by atoms with van der Waals surface area (Å²) in [6.45, 7) is 0.167. The van der Waals surface area contributed by atoms with Crippen LogP contribution in [0.1, 0.15) is 48.3 Å². The first-order valence-corrected chi connectivity index (χ1v) is 8.48. The molecule has 1 aliphatic rings. The van der Waals surface area contributed by atoms with Crippen LogP contribution in [-0.4, -0.2) is 27.1 Å². The molecule has 6 heteroatoms. The van der Waals surface area contributed by atoms with E-state index in [1.165, 1.54) is 12.6 Å². The number of carboxylic acids is 1. The van der Waals surface area contributed by atoms with E-state index in [1.54, 1.807) is 12.1 Å². The molecular formula is C18H19ClN2O3. The molecule has 24 heavy (non-hydrogen) atoms. The standard InChI is InChI=1S/C18H19ClN2O3/c19-13-8-6-12(7-9-13)15-10-20-17(18(22)23)16(21-15)11-24-14-4-2-1-3-5-14/h6-10,14H,1-5,11H2,(H,22,23). The predicted molar refractivity (Wildman–Crippen MR) is 91.1 cm³/mol. The highest BCUT2D eigenvalue weighted by Crippen LogP contribution is 2.23. The lowest BCUT2D eigenvalue weighted by Crippen LogP contribution is -2.18. The van der Waals surface area contributed by atoms with Gasteiger partial charge in [0.25, 0.3) is 0 Å². The zero-order valence-corrected chi connectivity index (χ0v) is 14.0. The van der Waals surface area contributed by atoms with E-state index >= 15 is 0 Å². The highest BCUT2D eigenvalue weighted by molar-refractivity contribution is 6.30. The Hall–Kier alpha value is -1.98. The van der Waals surface area contributed by atoms with Gasteiger partial charge in [-0.25, -0.2) is 14.8 Å². The number of rotatable bonds is 5. The average molecular weight is 347 g/mol. The van der Waals surface area contributed by atoms with Gasteiger partial charge in [-0.1, -0.05) is 43.0 Å². The summed E-state index contributed by atoms with van der Waals surface area (Å²) in [4.78, 5) is 19.9. The molecular weight excluding hydrogens is 328 g/mol. The van der Waals surface area contributed by atoms with Crippen molar-refractivity contribution in [1.82, 2.24) is 9.97 Å². The SMILES string of the molecule is O=C(O)c1ncc(-c2ccc(Cl)cc2)nc1COC1CCCCC1. The van der Waals surface area contributed by atoms with Gasteiger partial charge in [0, 0.05) is 10.6 Å². The third kappa shape index (κ3) is 4.10. The fourth-order valence-electron chi connectivity index (χ4n) is 2.90. The van der Waals surface area contributed by atoms with Gasteiger partial charge < -0.3 is 9.84 Å². The lowest BCUT2D eigenvalue weighted by molar-refractivity contribution is 0.0144. The molecule has 0 radical (unpaired) electrons. The highest BCUT2D eigenvalue weighted by atomic mass is 35.5. The number of carboxylic acid groups (broad SMARTS) is 1. The van der Waals surface area contributed by atoms with E-state index in [-0.39, 0.29) is 18.4 Å². The first-order valence-electron chi connectivity index (χ1n) is 8.10. The third-order valence-electron chi connectivity index (χ3n) is 4.20. The number of aromatic nitrogens is 2. The maximum atomic E-state index is 11.4. The van der Waals surface area contributed by atoms with Crippen molar-refractivity contribution >= 4 is 17.6 Å². The van der Waals surface area contributed by atoms with Gasteiger partial charge in [-0.2, -0.15) is 0 Å². The quantitative estimate of drug-likeness (QED) is 0.871. The number of benzene rings is 1. The Bertz CT molecular complexity index is 713. The van der Waals surface area contributed by atoms with Crippen molar-refractivity contribution in [2.45, 2.75) is 44.8 Å². The number of carbonyl (C=O) groups is 1. The minimum absolute atomic E-state index is 0.0523. The first kappa shape index (κ1) is 16.9. The number of nitrogens with zero attached hydrogens (tertiary/aromatic N) is 2. The molecule has 1 aliphatic carbocycles. The molecule has 1 saturated carbocycles. The summed E-state index contributed by atoms with van der Waals surface area (Å²) in [5, 5.41) is 9.96. The Labute approximate surface area is 145 Å². The molecule has 1 aromatic heterocycles. The fourth-order valence-corrected chi connectivity index (χ4v) is 3.02. The van der Waals surface area contributed by atoms with Crippen molar-refractivity contribution in [2.75, 3.05) is 0 Å². The van der Waals surface area contributed by atoms with Gasteiger partial charge in [0.1, 0.15) is 0 Å². The van der Waals surface area contributed by atoms with E-state index in [4.69, 9.17) is 16.3 Å². The molecule has 0 amide bonds. The molecule has 0 bridgehead atoms. The third-order valence-corrected chi connectivity index (χ3v) is 4.45. The second-order valence-electron chi connectivity index (χ2n) is 5.93. The average Bonchev–Trinajstić information content (AvgIpc) is 2.61. The Balaban J connectivity index is 1.82. The van der Waals surface area contributed by atoms with Gasteiger partial charge in [-0.3, -0.25) is 0 Å². The normalized spacial score (nSPS) is 15.4. The first-order chi connectivity index (χ1) is 11.6. The van der Waals surface area contributed by atoms with Crippen LogP contribution in [0.15, 0.2) is 30.5 Å². The summed E-state index contributed by atoms with van der Waals surface area (Å²) < 4.78 is 5.88. The monoisotopic (exact) mass is 346 g/mol. The van der Waals surface area contributed by atoms with Crippen LogP contribution >= 0.6 is 11.6 Å². The molecule has 1 heterocycles. The summed E-state index contributed by atoms with van der Waals surface area (Å²) in [6, 6.07) is 7.20. The van der Waals surface area contributed by atoms with Gasteiger partial charge in [-0.05, 0) is 25.0 Å². The van der Waals surface area contributed by atoms with E-state index in [2.05, 4.69) is 9.97 Å². The smallest absolute Gasteiger partial charge is 0.356 e. The van der Waals surface area contributed by atoms with Gasteiger partial charge in [0.15, 0.2) is 5.69 Å². The lowest BCUT2D eigenvalue weighted by atomic mass is 9.98. The van der Waals surface area contributed by atoms with E-state index in [9.17, 15) is 9.90 Å². The molecule has 1 fully saturated rings. The van der Waals surface area contributed by atoms with Crippen molar-refractivity contribution in [1.29, 1.82) is 0 Å². The molecule has 1 N–H and O–H groups in total. The molecule has 0 spiro atoms. The molecule has 0 aliphatic heterocycles. The maximum absolute atomic E-state index is 11.4. The molecule has 126 valence electrons. The molecule has 0 saturated heterocycles. The van der Waals surface area contributed by atoms with Crippen molar-refractivity contribution in [3.63, 3.8) is 0 Å². The van der Waals surface area contributed by atoms with Gasteiger partial charge in [0.2, 0.25) is 0 Å². The van der Waals surface area contributed by atoms with Crippen molar-refractivity contribution in [3.8, 4) is 11.3 Å². The molecule has 1 aromatic carbocycles. The number of hydrogen-bond acceptors (Lipinski definition) is 4. The Kier molecular flexibility index (Phi) is 5.43. The van der Waals surface area contributed by atoms with Crippen molar-refractivity contribution in [2.24, 2.45) is 0 Å². The minimum atomic E-state index is -1.09. The Morgan fingerprint density at radius 2 is 1.92 bits per heavy atom. The number of hydrogen-bond donors (Lipinski definition) is 1. The van der Waals surface area contributed by atoms with Crippen LogP contribution in [0.4, 0.5) is 0 Å². The number of aromatic carboxylic acids is 1. The zero-order valence-electron chi connectivity index (χ0n) is 13.2. The zero-order chi connectivity index (χ0) is 16.9. The van der Waals surface area contributed by atoms with E-state index < -0.39 is 5.97 Å². The van der Waals surface area contributed by atoms with Gasteiger partial charge >= 0.3 is 5.97 Å². The second-order valence-corrected chi connectivity index (χ2v) is 6.37. The minimum Gasteiger partial charge on any atom is -0.476 e. The van der Waals surface area contributed by atoms with Crippen LogP contribution < -0.4 is 0 Å². The predicted octanol–water partition coefficient (Wildman–Crippen LogP) is 4.34. The summed E-state index contributed by atoms with van der Waals surface area (Å²) in [7, 11) is 0. The fraction of sp³-hybridized carbons (Fsp3) is 0.389. The van der Waals surface area contributed by atoms with E-state index in [0.717, 1.165) is 31.2 Å². The second kappa shape index (κ2) is 7.73. The van der Waals surface area contributed by atoms with Crippen LogP contribution in [0, 0.1) is 0 Å². The van der Waals surface area contributed by atoms with Crippen molar-refractivity contribution in [3.05, 3.63) is 46.9 Å². The molecule has 2 aromatic rings. The lowest BCUT2D eigenvalue weighted by Gasteiger charge is -2.22. The largest absolute Gasteiger partial charge is 0.476 e. The van der Waals surface area contributed by atoms with Crippen LogP contribution in [0.3, 0.4) is 0 Å². The summed E-state index contributed by atoms with van der Waals surface area (Å²) in [5.74, 6) is -1.09. The van der Waals surface area contributed by atoms with Gasteiger partial charge in [-0.15, -0.1) is 0 Å². The van der Waals surface area contributed by atoms with Crippen molar-refractivity contribution < 1.29 is 14.6 Å². The van der Waals surface area contributed by atoms with Crippen LogP contribution in [0.25, 0.3) is 11.3 Å². The molecule has 0 unspecified atom stereocenters. The summed E-state index contributed by atoms with van der Waals surface area (Å²) in [6.07, 6.45) is 7.25. The number of ether oxygens (including phenoxy) is 1. The van der Waals surface area contributed by atoms with Crippen LogP contribution in [0.2, 0.25) is 5.02 Å². The Morgan fingerprint density at radius 3 is 2.58 bits per heavy atom. The summed E-state index contributed by atoms with van der Waals surface area (Å²) in [5.41, 5.74) is 1.76. The topological polar surface area (TPSA) is 72.3 Å². The maximum Gasteiger partial charge on any atom is 0.356 e. The molecule has 3 rings (SSSR count). The van der Waals surface area contributed by atoms with E-state index in [1.807, 2.05) is 12.1 Å². The van der Waals surface area contributed by atoms with E-state index in [0.29, 0.717) is 16.4 Å². The van der Waals surface area contributed by atoms with Crippen LogP contribution in [0.5, 0.6) is 0 Å². The Morgan fingerprint density at radius 1 is 1.21 bits per heavy atom. The summed E-state index contributed by atoms with van der Waals surface area (Å²) >= 11 is 5.90. The van der Waals surface area contributed by atoms with Crippen LogP contribution in [-0.2, 0) is 11.3 Å². The van der Waals surface area contributed by atoms with Gasteiger partial charge in [0.05, 0.1) is 30.3 Å². The number of halogens is 1. The highest BCUT2D eigenvalue weighted by Gasteiger charge is 2.19. The molecule has 5 nitrogen and oxygen atoms in total.